The molecule has 2 aliphatic heterocycles. The molecule has 136 valence electrons. The quantitative estimate of drug-likeness (QED) is 0.704. The van der Waals surface area contributed by atoms with Crippen molar-refractivity contribution < 1.29 is 9.21 Å². The molecule has 0 saturated carbocycles. The fourth-order valence-electron chi connectivity index (χ4n) is 4.49. The molecule has 0 spiro atoms. The number of rotatable bonds is 2. The number of piperidine rings is 1. The van der Waals surface area contributed by atoms with Crippen LogP contribution in [0.1, 0.15) is 28.4 Å². The Morgan fingerprint density at radius 2 is 1.81 bits per heavy atom. The number of aromatic nitrogens is 1. The topological polar surface area (TPSA) is 55.5 Å². The maximum atomic E-state index is 13.0. The lowest BCUT2D eigenvalue weighted by molar-refractivity contribution is 0.0594. The molecule has 1 fully saturated rings. The number of carbonyl (C=O) groups excluding carboxylic acids is 1. The van der Waals surface area contributed by atoms with Crippen molar-refractivity contribution >= 4 is 5.91 Å². The highest BCUT2D eigenvalue weighted by molar-refractivity contribution is 5.94. The summed E-state index contributed by atoms with van der Waals surface area (Å²) in [6.07, 6.45) is 2.61. The van der Waals surface area contributed by atoms with Crippen molar-refractivity contribution in [2.75, 3.05) is 13.1 Å². The van der Waals surface area contributed by atoms with Crippen LogP contribution in [0.25, 0.3) is 11.3 Å². The van der Waals surface area contributed by atoms with Crippen LogP contribution in [-0.2, 0) is 6.54 Å². The van der Waals surface area contributed by atoms with Gasteiger partial charge in [0.25, 0.3) is 11.5 Å². The number of nitrogens with zero attached hydrogens (tertiary/aromatic N) is 2. The average molecular weight is 360 g/mol. The number of likely N-dealkylation sites (tertiary alicyclic amines) is 1. The van der Waals surface area contributed by atoms with Crippen molar-refractivity contribution in [2.24, 2.45) is 5.92 Å². The maximum absolute atomic E-state index is 13.0. The monoisotopic (exact) mass is 360 g/mol. The summed E-state index contributed by atoms with van der Waals surface area (Å²) in [6.45, 7) is 2.00. The Bertz CT molecular complexity index is 1040. The van der Waals surface area contributed by atoms with E-state index in [1.54, 1.807) is 12.3 Å². The van der Waals surface area contributed by atoms with Gasteiger partial charge in [0.05, 0.1) is 11.8 Å². The van der Waals surface area contributed by atoms with Gasteiger partial charge in [-0.15, -0.1) is 0 Å². The second-order valence-corrected chi connectivity index (χ2v) is 7.44. The molecule has 4 heterocycles. The van der Waals surface area contributed by atoms with Crippen molar-refractivity contribution in [1.29, 1.82) is 0 Å². The minimum Gasteiger partial charge on any atom is -0.464 e. The maximum Gasteiger partial charge on any atom is 0.261 e. The van der Waals surface area contributed by atoms with Gasteiger partial charge in [-0.1, -0.05) is 18.2 Å². The average Bonchev–Trinajstić information content (AvgIpc) is 3.23. The lowest BCUT2D eigenvalue weighted by Gasteiger charge is -2.43. The third-order valence-electron chi connectivity index (χ3n) is 5.70. The van der Waals surface area contributed by atoms with Crippen molar-refractivity contribution in [3.8, 4) is 11.3 Å². The lowest BCUT2D eigenvalue weighted by atomic mass is 9.82. The van der Waals surface area contributed by atoms with Gasteiger partial charge in [0.2, 0.25) is 0 Å². The molecular weight excluding hydrogens is 340 g/mol. The van der Waals surface area contributed by atoms with E-state index in [0.29, 0.717) is 36.9 Å². The number of hydrogen-bond acceptors (Lipinski definition) is 3. The molecule has 2 unspecified atom stereocenters. The highest BCUT2D eigenvalue weighted by Gasteiger charge is 2.37. The van der Waals surface area contributed by atoms with Crippen molar-refractivity contribution in [1.82, 2.24) is 9.47 Å². The van der Waals surface area contributed by atoms with E-state index < -0.39 is 0 Å². The minimum absolute atomic E-state index is 0.0000131. The van der Waals surface area contributed by atoms with E-state index >= 15 is 0 Å². The second-order valence-electron chi connectivity index (χ2n) is 7.44. The molecule has 3 aromatic rings. The number of amides is 1. The van der Waals surface area contributed by atoms with Crippen LogP contribution in [0.15, 0.2) is 70.1 Å². The van der Waals surface area contributed by atoms with Gasteiger partial charge in [-0.3, -0.25) is 9.59 Å². The first-order valence-corrected chi connectivity index (χ1v) is 9.32. The molecule has 2 aliphatic rings. The number of hydrogen-bond donors (Lipinski definition) is 0. The summed E-state index contributed by atoms with van der Waals surface area (Å²) < 4.78 is 7.31. The van der Waals surface area contributed by atoms with Gasteiger partial charge in [0, 0.05) is 36.8 Å². The van der Waals surface area contributed by atoms with E-state index in [0.717, 1.165) is 17.7 Å². The molecule has 1 aromatic carbocycles. The Morgan fingerprint density at radius 1 is 0.963 bits per heavy atom. The third kappa shape index (κ3) is 2.70. The van der Waals surface area contributed by atoms with Crippen LogP contribution in [0.4, 0.5) is 0 Å². The molecule has 2 aromatic heterocycles. The van der Waals surface area contributed by atoms with Gasteiger partial charge in [-0.2, -0.15) is 0 Å². The molecule has 5 heteroatoms. The fraction of sp³-hybridized carbons (Fsp3) is 0.273. The lowest BCUT2D eigenvalue weighted by Crippen LogP contribution is -2.49. The molecule has 1 saturated heterocycles. The molecular formula is C22H20N2O3. The van der Waals surface area contributed by atoms with E-state index in [1.165, 1.54) is 0 Å². The fourth-order valence-corrected chi connectivity index (χ4v) is 4.49. The van der Waals surface area contributed by atoms with Crippen molar-refractivity contribution in [2.45, 2.75) is 18.9 Å². The first kappa shape index (κ1) is 16.1. The summed E-state index contributed by atoms with van der Waals surface area (Å²) in [4.78, 5) is 27.8. The van der Waals surface area contributed by atoms with Gasteiger partial charge >= 0.3 is 0 Å². The zero-order valence-electron chi connectivity index (χ0n) is 14.9. The minimum atomic E-state index is -0.0000131. The summed E-state index contributed by atoms with van der Waals surface area (Å²) in [7, 11) is 0. The summed E-state index contributed by atoms with van der Waals surface area (Å²) in [5, 5.41) is 0. The first-order valence-electron chi connectivity index (χ1n) is 9.32. The number of furan rings is 1. The highest BCUT2D eigenvalue weighted by Crippen LogP contribution is 2.36. The molecule has 2 bridgehead atoms. The van der Waals surface area contributed by atoms with E-state index in [2.05, 4.69) is 0 Å². The van der Waals surface area contributed by atoms with Gasteiger partial charge in [-0.05, 0) is 48.7 Å². The van der Waals surface area contributed by atoms with Gasteiger partial charge in [0.1, 0.15) is 5.76 Å². The van der Waals surface area contributed by atoms with Gasteiger partial charge < -0.3 is 13.9 Å². The van der Waals surface area contributed by atoms with Crippen LogP contribution in [0.5, 0.6) is 0 Å². The zero-order chi connectivity index (χ0) is 18.4. The summed E-state index contributed by atoms with van der Waals surface area (Å²) in [5.41, 5.74) is 2.35. The van der Waals surface area contributed by atoms with Crippen molar-refractivity contribution in [3.05, 3.63) is 82.5 Å². The summed E-state index contributed by atoms with van der Waals surface area (Å²) in [6, 6.07) is 16.9. The molecule has 0 N–H and O–H groups in total. The van der Waals surface area contributed by atoms with E-state index in [-0.39, 0.29) is 17.4 Å². The first-order chi connectivity index (χ1) is 13.2. The Balaban J connectivity index is 1.47. The molecule has 5 nitrogen and oxygen atoms in total. The Kier molecular flexibility index (Phi) is 3.74. The number of fused-ring (bicyclic) bond motifs is 4. The second kappa shape index (κ2) is 6.27. The summed E-state index contributed by atoms with van der Waals surface area (Å²) >= 11 is 0. The predicted octanol–water partition coefficient (Wildman–Crippen LogP) is 3.37. The Hall–Kier alpha value is -3.08. The highest BCUT2D eigenvalue weighted by atomic mass is 16.3. The van der Waals surface area contributed by atoms with Crippen LogP contribution in [0.2, 0.25) is 0 Å². The van der Waals surface area contributed by atoms with Crippen LogP contribution in [-0.4, -0.2) is 28.5 Å². The molecule has 1 amide bonds. The Morgan fingerprint density at radius 3 is 2.59 bits per heavy atom. The van der Waals surface area contributed by atoms with Crippen LogP contribution >= 0.6 is 0 Å². The smallest absolute Gasteiger partial charge is 0.261 e. The van der Waals surface area contributed by atoms with Crippen LogP contribution in [0.3, 0.4) is 0 Å². The number of benzene rings is 1. The SMILES string of the molecule is O=C(c1ccccc1)N1CC2CC(C1)c1ccc(-c3ccco3)c(=O)n1C2. The van der Waals surface area contributed by atoms with Crippen LogP contribution in [0, 0.1) is 5.92 Å². The largest absolute Gasteiger partial charge is 0.464 e. The van der Waals surface area contributed by atoms with Crippen molar-refractivity contribution in [3.63, 3.8) is 0 Å². The molecule has 0 radical (unpaired) electrons. The zero-order valence-corrected chi connectivity index (χ0v) is 14.9. The number of carbonyl (C=O) groups is 1. The molecule has 27 heavy (non-hydrogen) atoms. The molecule has 0 aliphatic carbocycles. The Labute approximate surface area is 156 Å². The molecule has 2 atom stereocenters. The van der Waals surface area contributed by atoms with Gasteiger partial charge in [-0.25, -0.2) is 0 Å². The predicted molar refractivity (Wildman–Crippen MR) is 102 cm³/mol. The van der Waals surface area contributed by atoms with E-state index in [1.807, 2.05) is 58.0 Å². The summed E-state index contributed by atoms with van der Waals surface area (Å²) in [5.74, 6) is 1.18. The third-order valence-corrected chi connectivity index (χ3v) is 5.70. The van der Waals surface area contributed by atoms with Gasteiger partial charge in [0.15, 0.2) is 0 Å². The molecule has 5 rings (SSSR count). The standard InChI is InChI=1S/C22H20N2O3/c25-21(16-5-2-1-3-6-16)23-12-15-11-17(14-23)19-9-8-18(20-7-4-10-27-20)22(26)24(19)13-15/h1-10,15,17H,11-14H2. The van der Waals surface area contributed by atoms with Crippen LogP contribution < -0.4 is 5.56 Å². The normalized spacial score (nSPS) is 21.0. The number of pyridine rings is 1. The van der Waals surface area contributed by atoms with E-state index in [9.17, 15) is 9.59 Å². The van der Waals surface area contributed by atoms with E-state index in [4.69, 9.17) is 4.42 Å².